The van der Waals surface area contributed by atoms with Gasteiger partial charge in [0.25, 0.3) is 0 Å². The Balaban J connectivity index is 2.08. The molecule has 0 fully saturated rings. The number of unbranched alkanes of at least 4 members (excludes halogenated alkanes) is 1. The fraction of sp³-hybridized carbons (Fsp3) is 0.455. The van der Waals surface area contributed by atoms with Crippen molar-refractivity contribution < 1.29 is 4.39 Å². The van der Waals surface area contributed by atoms with Gasteiger partial charge >= 0.3 is 0 Å². The second-order valence-corrected chi connectivity index (χ2v) is 7.34. The SMILES string of the molecule is CCCCN1CC(C)Cc2c(F)cc(-c3cc(NC)ccc3C)cc21. The molecule has 1 aliphatic heterocycles. The summed E-state index contributed by atoms with van der Waals surface area (Å²) < 4.78 is 15.0. The summed E-state index contributed by atoms with van der Waals surface area (Å²) in [4.78, 5) is 2.39. The number of nitrogens with one attached hydrogen (secondary N) is 1. The van der Waals surface area contributed by atoms with Crippen molar-refractivity contribution >= 4 is 11.4 Å². The van der Waals surface area contributed by atoms with Crippen molar-refractivity contribution in [3.05, 3.63) is 47.3 Å². The van der Waals surface area contributed by atoms with E-state index in [9.17, 15) is 4.39 Å². The minimum atomic E-state index is -0.0604. The molecule has 3 heteroatoms. The van der Waals surface area contributed by atoms with E-state index in [1.807, 2.05) is 7.05 Å². The predicted octanol–water partition coefficient (Wildman–Crippen LogP) is 5.64. The highest BCUT2D eigenvalue weighted by Gasteiger charge is 2.25. The van der Waals surface area contributed by atoms with E-state index in [-0.39, 0.29) is 5.82 Å². The number of anilines is 2. The van der Waals surface area contributed by atoms with E-state index in [1.165, 1.54) is 5.56 Å². The Kier molecular flexibility index (Phi) is 5.31. The largest absolute Gasteiger partial charge is 0.388 e. The highest BCUT2D eigenvalue weighted by Crippen LogP contribution is 2.37. The Hall–Kier alpha value is -2.03. The average Bonchev–Trinajstić information content (AvgIpc) is 2.60. The van der Waals surface area contributed by atoms with Gasteiger partial charge in [-0.3, -0.25) is 0 Å². The van der Waals surface area contributed by atoms with Crippen molar-refractivity contribution in [3.63, 3.8) is 0 Å². The maximum atomic E-state index is 15.0. The van der Waals surface area contributed by atoms with Crippen LogP contribution >= 0.6 is 0 Å². The number of halogens is 1. The summed E-state index contributed by atoms with van der Waals surface area (Å²) in [5.74, 6) is 0.439. The lowest BCUT2D eigenvalue weighted by Crippen LogP contribution is -2.35. The third-order valence-electron chi connectivity index (χ3n) is 5.22. The van der Waals surface area contributed by atoms with Gasteiger partial charge in [0.1, 0.15) is 5.82 Å². The monoisotopic (exact) mass is 340 g/mol. The summed E-state index contributed by atoms with van der Waals surface area (Å²) in [5, 5.41) is 3.18. The van der Waals surface area contributed by atoms with E-state index >= 15 is 0 Å². The van der Waals surface area contributed by atoms with E-state index in [2.05, 4.69) is 55.3 Å². The standard InChI is InChI=1S/C22H29FN2/c1-5-6-9-25-14-15(2)10-20-21(23)11-17(12-22(20)25)19-13-18(24-4)8-7-16(19)3/h7-8,11-13,15,24H,5-6,9-10,14H2,1-4H3. The minimum absolute atomic E-state index is 0.0604. The molecule has 2 aromatic carbocycles. The van der Waals surface area contributed by atoms with Crippen LogP contribution in [0.5, 0.6) is 0 Å². The van der Waals surface area contributed by atoms with Crippen molar-refractivity contribution in [2.24, 2.45) is 5.92 Å². The van der Waals surface area contributed by atoms with Crippen LogP contribution in [0.1, 0.15) is 37.8 Å². The van der Waals surface area contributed by atoms with Crippen molar-refractivity contribution in [1.29, 1.82) is 0 Å². The average molecular weight is 340 g/mol. The molecule has 0 amide bonds. The van der Waals surface area contributed by atoms with Gasteiger partial charge in [0.2, 0.25) is 0 Å². The molecule has 1 atom stereocenters. The highest BCUT2D eigenvalue weighted by molar-refractivity contribution is 5.76. The van der Waals surface area contributed by atoms with Gasteiger partial charge in [-0.1, -0.05) is 26.3 Å². The van der Waals surface area contributed by atoms with Gasteiger partial charge in [-0.05, 0) is 66.6 Å². The van der Waals surface area contributed by atoms with Gasteiger partial charge in [-0.2, -0.15) is 0 Å². The molecule has 1 unspecified atom stereocenters. The number of nitrogens with zero attached hydrogens (tertiary/aromatic N) is 1. The van der Waals surface area contributed by atoms with Crippen LogP contribution in [0, 0.1) is 18.7 Å². The van der Waals surface area contributed by atoms with Crippen molar-refractivity contribution in [1.82, 2.24) is 0 Å². The first-order valence-electron chi connectivity index (χ1n) is 9.39. The molecule has 25 heavy (non-hydrogen) atoms. The molecular weight excluding hydrogens is 311 g/mol. The van der Waals surface area contributed by atoms with Crippen LogP contribution in [-0.4, -0.2) is 20.1 Å². The van der Waals surface area contributed by atoms with E-state index in [1.54, 1.807) is 6.07 Å². The fourth-order valence-corrected chi connectivity index (χ4v) is 3.80. The zero-order chi connectivity index (χ0) is 18.0. The minimum Gasteiger partial charge on any atom is -0.388 e. The highest BCUT2D eigenvalue weighted by atomic mass is 19.1. The maximum absolute atomic E-state index is 15.0. The lowest BCUT2D eigenvalue weighted by atomic mass is 9.90. The third kappa shape index (κ3) is 3.65. The zero-order valence-electron chi connectivity index (χ0n) is 15.8. The quantitative estimate of drug-likeness (QED) is 0.757. The van der Waals surface area contributed by atoms with Crippen molar-refractivity contribution in [2.75, 3.05) is 30.4 Å². The van der Waals surface area contributed by atoms with Gasteiger partial charge in [-0.25, -0.2) is 4.39 Å². The molecule has 0 saturated carbocycles. The summed E-state index contributed by atoms with van der Waals surface area (Å²) in [6.45, 7) is 8.54. The number of rotatable bonds is 5. The Bertz CT molecular complexity index is 754. The second kappa shape index (κ2) is 7.47. The molecule has 2 nitrogen and oxygen atoms in total. The van der Waals surface area contributed by atoms with Crippen molar-refractivity contribution in [3.8, 4) is 11.1 Å². The van der Waals surface area contributed by atoms with Crippen LogP contribution in [0.4, 0.5) is 15.8 Å². The summed E-state index contributed by atoms with van der Waals surface area (Å²) in [6, 6.07) is 10.2. The van der Waals surface area contributed by atoms with Crippen LogP contribution in [0.2, 0.25) is 0 Å². The molecule has 2 aromatic rings. The molecule has 1 heterocycles. The van der Waals surface area contributed by atoms with Crippen molar-refractivity contribution in [2.45, 2.75) is 40.0 Å². The normalized spacial score (nSPS) is 16.7. The van der Waals surface area contributed by atoms with E-state index in [0.29, 0.717) is 5.92 Å². The van der Waals surface area contributed by atoms with E-state index < -0.39 is 0 Å². The Morgan fingerprint density at radius 1 is 1.24 bits per heavy atom. The second-order valence-electron chi connectivity index (χ2n) is 7.34. The van der Waals surface area contributed by atoms with Crippen LogP contribution in [-0.2, 0) is 6.42 Å². The predicted molar refractivity (Wildman–Crippen MR) is 106 cm³/mol. The van der Waals surface area contributed by atoms with E-state index in [4.69, 9.17) is 0 Å². The van der Waals surface area contributed by atoms with Gasteiger partial charge in [-0.15, -0.1) is 0 Å². The molecule has 0 spiro atoms. The molecule has 0 bridgehead atoms. The molecule has 3 rings (SSSR count). The zero-order valence-corrected chi connectivity index (χ0v) is 15.8. The first-order valence-corrected chi connectivity index (χ1v) is 9.39. The topological polar surface area (TPSA) is 15.3 Å². The number of fused-ring (bicyclic) bond motifs is 1. The summed E-state index contributed by atoms with van der Waals surface area (Å²) in [5.41, 5.74) is 6.28. The maximum Gasteiger partial charge on any atom is 0.129 e. The Morgan fingerprint density at radius 3 is 2.76 bits per heavy atom. The number of hydrogen-bond acceptors (Lipinski definition) is 2. The first kappa shape index (κ1) is 17.8. The summed E-state index contributed by atoms with van der Waals surface area (Å²) in [7, 11) is 1.91. The number of benzene rings is 2. The molecule has 134 valence electrons. The molecule has 1 N–H and O–H groups in total. The van der Waals surface area contributed by atoms with Gasteiger partial charge in [0, 0.05) is 37.1 Å². The summed E-state index contributed by atoms with van der Waals surface area (Å²) >= 11 is 0. The molecule has 0 saturated heterocycles. The Labute approximate surface area is 151 Å². The first-order chi connectivity index (χ1) is 12.0. The number of hydrogen-bond donors (Lipinski definition) is 1. The van der Waals surface area contributed by atoms with Gasteiger partial charge in [0.15, 0.2) is 0 Å². The third-order valence-corrected chi connectivity index (χ3v) is 5.22. The fourth-order valence-electron chi connectivity index (χ4n) is 3.80. The molecule has 1 aliphatic rings. The molecular formula is C22H29FN2. The Morgan fingerprint density at radius 2 is 2.04 bits per heavy atom. The van der Waals surface area contributed by atoms with Crippen LogP contribution in [0.25, 0.3) is 11.1 Å². The molecule has 0 radical (unpaired) electrons. The number of aryl methyl sites for hydroxylation is 1. The molecule has 0 aliphatic carbocycles. The van der Waals surface area contributed by atoms with Crippen LogP contribution in [0.3, 0.4) is 0 Å². The van der Waals surface area contributed by atoms with Crippen LogP contribution in [0.15, 0.2) is 30.3 Å². The van der Waals surface area contributed by atoms with Gasteiger partial charge in [0.05, 0.1) is 0 Å². The lowest BCUT2D eigenvalue weighted by molar-refractivity contribution is 0.501. The smallest absolute Gasteiger partial charge is 0.129 e. The molecule has 0 aromatic heterocycles. The van der Waals surface area contributed by atoms with Crippen LogP contribution < -0.4 is 10.2 Å². The van der Waals surface area contributed by atoms with Gasteiger partial charge < -0.3 is 10.2 Å². The lowest BCUT2D eigenvalue weighted by Gasteiger charge is -2.35. The summed E-state index contributed by atoms with van der Waals surface area (Å²) in [6.07, 6.45) is 3.14. The van der Waals surface area contributed by atoms with E-state index in [0.717, 1.165) is 60.4 Å².